The Morgan fingerprint density at radius 3 is 2.88 bits per heavy atom. The molecule has 1 aliphatic rings. The Bertz CT molecular complexity index is 899. The zero-order valence-electron chi connectivity index (χ0n) is 13.8. The molecule has 5 nitrogen and oxygen atoms in total. The van der Waals surface area contributed by atoms with Gasteiger partial charge in [0.2, 0.25) is 0 Å². The summed E-state index contributed by atoms with van der Waals surface area (Å²) in [6, 6.07) is 7.73. The van der Waals surface area contributed by atoms with E-state index in [-0.39, 0.29) is 11.3 Å². The highest BCUT2D eigenvalue weighted by Gasteiger charge is 2.30. The van der Waals surface area contributed by atoms with Gasteiger partial charge in [-0.05, 0) is 18.9 Å². The summed E-state index contributed by atoms with van der Waals surface area (Å²) in [4.78, 5) is 3.17. The number of nitrogens with one attached hydrogen (secondary N) is 1. The van der Waals surface area contributed by atoms with Crippen LogP contribution in [0.3, 0.4) is 0 Å². The van der Waals surface area contributed by atoms with Gasteiger partial charge in [0.25, 0.3) is 0 Å². The fourth-order valence-electron chi connectivity index (χ4n) is 3.15. The monoisotopic (exact) mass is 382 g/mol. The Hall–Kier alpha value is -2.00. The lowest BCUT2D eigenvalue weighted by Gasteiger charge is -2.15. The summed E-state index contributed by atoms with van der Waals surface area (Å²) >= 11 is 0.659. The lowest BCUT2D eigenvalue weighted by atomic mass is 10.1. The molecule has 1 N–H and O–H groups in total. The third kappa shape index (κ3) is 3.59. The third-order valence-electron chi connectivity index (χ3n) is 4.32. The quantitative estimate of drug-likeness (QED) is 0.670. The lowest BCUT2D eigenvalue weighted by molar-refractivity contribution is -0.105. The number of H-pyrrole nitrogens is 1. The SMILES string of the molecule is FC(F)(F)CSc1nnc(-c2c[nH]c3ccccc23)n1C[C@H]1CCCO1. The number of hydrogen-bond acceptors (Lipinski definition) is 4. The molecule has 0 amide bonds. The van der Waals surface area contributed by atoms with Crippen LogP contribution in [0, 0.1) is 0 Å². The summed E-state index contributed by atoms with van der Waals surface area (Å²) in [5.74, 6) is -0.438. The van der Waals surface area contributed by atoms with Crippen LogP contribution in [0.2, 0.25) is 0 Å². The van der Waals surface area contributed by atoms with Gasteiger partial charge in [0.1, 0.15) is 0 Å². The summed E-state index contributed by atoms with van der Waals surface area (Å²) < 4.78 is 45.4. The van der Waals surface area contributed by atoms with Crippen molar-refractivity contribution in [1.29, 1.82) is 0 Å². The second-order valence-corrected chi connectivity index (χ2v) is 7.15. The van der Waals surface area contributed by atoms with E-state index in [9.17, 15) is 13.2 Å². The van der Waals surface area contributed by atoms with E-state index in [1.807, 2.05) is 30.5 Å². The number of ether oxygens (including phenoxy) is 1. The number of rotatable bonds is 5. The number of aromatic amines is 1. The van der Waals surface area contributed by atoms with Gasteiger partial charge in [0.15, 0.2) is 11.0 Å². The van der Waals surface area contributed by atoms with Crippen molar-refractivity contribution in [2.24, 2.45) is 0 Å². The molecule has 1 saturated heterocycles. The van der Waals surface area contributed by atoms with Gasteiger partial charge in [0.05, 0.1) is 18.4 Å². The molecule has 1 atom stereocenters. The predicted octanol–water partition coefficient (Wildman–Crippen LogP) is 4.26. The fraction of sp³-hybridized carbons (Fsp3) is 0.412. The smallest absolute Gasteiger partial charge is 0.376 e. The Morgan fingerprint density at radius 1 is 1.27 bits per heavy atom. The van der Waals surface area contributed by atoms with Crippen molar-refractivity contribution in [3.8, 4) is 11.4 Å². The molecule has 2 aromatic heterocycles. The largest absolute Gasteiger partial charge is 0.398 e. The molecule has 1 aliphatic heterocycles. The van der Waals surface area contributed by atoms with Gasteiger partial charge in [-0.1, -0.05) is 30.0 Å². The van der Waals surface area contributed by atoms with Crippen molar-refractivity contribution in [2.75, 3.05) is 12.4 Å². The number of halogens is 3. The van der Waals surface area contributed by atoms with Crippen molar-refractivity contribution < 1.29 is 17.9 Å². The summed E-state index contributed by atoms with van der Waals surface area (Å²) in [5, 5.41) is 9.45. The summed E-state index contributed by atoms with van der Waals surface area (Å²) in [5.41, 5.74) is 1.77. The molecule has 0 bridgehead atoms. The lowest BCUT2D eigenvalue weighted by Crippen LogP contribution is -2.17. The molecule has 0 radical (unpaired) electrons. The van der Waals surface area contributed by atoms with Crippen molar-refractivity contribution >= 4 is 22.7 Å². The van der Waals surface area contributed by atoms with Crippen LogP contribution in [-0.4, -0.2) is 44.4 Å². The fourth-order valence-corrected chi connectivity index (χ4v) is 3.86. The molecule has 1 aromatic carbocycles. The topological polar surface area (TPSA) is 55.7 Å². The van der Waals surface area contributed by atoms with Gasteiger partial charge >= 0.3 is 6.18 Å². The average Bonchev–Trinajstić information content (AvgIpc) is 3.32. The Labute approximate surface area is 151 Å². The molecule has 9 heteroatoms. The van der Waals surface area contributed by atoms with Crippen LogP contribution < -0.4 is 0 Å². The van der Waals surface area contributed by atoms with Gasteiger partial charge in [-0.3, -0.25) is 4.57 Å². The molecule has 0 aliphatic carbocycles. The molecule has 138 valence electrons. The first-order valence-electron chi connectivity index (χ1n) is 8.32. The number of benzene rings is 1. The van der Waals surface area contributed by atoms with Crippen molar-refractivity contribution in [3.05, 3.63) is 30.5 Å². The molecular formula is C17H17F3N4OS. The predicted molar refractivity (Wildman–Crippen MR) is 93.1 cm³/mol. The average molecular weight is 382 g/mol. The first-order chi connectivity index (χ1) is 12.5. The standard InChI is InChI=1S/C17H17F3N4OS/c18-17(19,20)10-26-16-23-22-15(24(16)9-11-4-3-7-25-11)13-8-21-14-6-2-1-5-12(13)14/h1-2,5-6,8,11,21H,3-4,7,9-10H2/t11-/m1/s1. The third-order valence-corrected chi connectivity index (χ3v) is 5.35. The van der Waals surface area contributed by atoms with Crippen LogP contribution in [0.4, 0.5) is 13.2 Å². The van der Waals surface area contributed by atoms with E-state index in [0.717, 1.165) is 29.3 Å². The molecule has 1 fully saturated rings. The molecule has 0 unspecified atom stereocenters. The minimum Gasteiger partial charge on any atom is -0.376 e. The van der Waals surface area contributed by atoms with Crippen LogP contribution in [0.15, 0.2) is 35.6 Å². The van der Waals surface area contributed by atoms with E-state index in [4.69, 9.17) is 4.74 Å². The Balaban J connectivity index is 1.72. The van der Waals surface area contributed by atoms with Gasteiger partial charge in [0, 0.05) is 29.3 Å². The highest BCUT2D eigenvalue weighted by atomic mass is 32.2. The van der Waals surface area contributed by atoms with Crippen LogP contribution >= 0.6 is 11.8 Å². The summed E-state index contributed by atoms with van der Waals surface area (Å²) in [6.07, 6.45) is -0.625. The highest BCUT2D eigenvalue weighted by Crippen LogP contribution is 2.33. The molecule has 3 heterocycles. The zero-order valence-corrected chi connectivity index (χ0v) is 14.6. The molecule has 0 spiro atoms. The highest BCUT2D eigenvalue weighted by molar-refractivity contribution is 7.99. The number of fused-ring (bicyclic) bond motifs is 1. The Kier molecular flexibility index (Phi) is 4.66. The van der Waals surface area contributed by atoms with Crippen LogP contribution in [-0.2, 0) is 11.3 Å². The molecular weight excluding hydrogens is 365 g/mol. The van der Waals surface area contributed by atoms with E-state index < -0.39 is 11.9 Å². The van der Waals surface area contributed by atoms with Gasteiger partial charge in [-0.15, -0.1) is 10.2 Å². The molecule has 3 aromatic rings. The molecule has 0 saturated carbocycles. The summed E-state index contributed by atoms with van der Waals surface area (Å²) in [6.45, 7) is 1.13. The number of nitrogens with zero attached hydrogens (tertiary/aromatic N) is 3. The molecule has 26 heavy (non-hydrogen) atoms. The van der Waals surface area contributed by atoms with E-state index >= 15 is 0 Å². The van der Waals surface area contributed by atoms with Gasteiger partial charge < -0.3 is 9.72 Å². The second-order valence-electron chi connectivity index (χ2n) is 6.20. The maximum atomic E-state index is 12.7. The van der Waals surface area contributed by atoms with Crippen LogP contribution in [0.5, 0.6) is 0 Å². The zero-order chi connectivity index (χ0) is 18.1. The maximum Gasteiger partial charge on any atom is 0.398 e. The number of hydrogen-bond donors (Lipinski definition) is 1. The number of aromatic nitrogens is 4. The number of alkyl halides is 3. The first kappa shape index (κ1) is 17.4. The van der Waals surface area contributed by atoms with Gasteiger partial charge in [-0.25, -0.2) is 0 Å². The normalized spacial score (nSPS) is 18.0. The Morgan fingerprint density at radius 2 is 2.12 bits per heavy atom. The number of thioether (sulfide) groups is 1. The minimum atomic E-state index is -4.26. The van der Waals surface area contributed by atoms with Crippen molar-refractivity contribution in [2.45, 2.75) is 36.8 Å². The summed E-state index contributed by atoms with van der Waals surface area (Å²) in [7, 11) is 0. The van der Waals surface area contributed by atoms with E-state index in [1.165, 1.54) is 0 Å². The minimum absolute atomic E-state index is 0.0276. The van der Waals surface area contributed by atoms with E-state index in [1.54, 1.807) is 4.57 Å². The second kappa shape index (κ2) is 6.96. The molecule has 4 rings (SSSR count). The number of para-hydroxylation sites is 1. The van der Waals surface area contributed by atoms with Crippen molar-refractivity contribution in [1.82, 2.24) is 19.7 Å². The van der Waals surface area contributed by atoms with Gasteiger partial charge in [-0.2, -0.15) is 13.2 Å². The maximum absolute atomic E-state index is 12.7. The van der Waals surface area contributed by atoms with E-state index in [0.29, 0.717) is 30.7 Å². The first-order valence-corrected chi connectivity index (χ1v) is 9.31. The van der Waals surface area contributed by atoms with Crippen molar-refractivity contribution in [3.63, 3.8) is 0 Å². The van der Waals surface area contributed by atoms with Crippen LogP contribution in [0.25, 0.3) is 22.3 Å². The van der Waals surface area contributed by atoms with Crippen LogP contribution in [0.1, 0.15) is 12.8 Å². The van der Waals surface area contributed by atoms with E-state index in [2.05, 4.69) is 15.2 Å².